The molecule has 1 aliphatic heterocycles. The minimum Gasteiger partial charge on any atom is -0.393 e. The predicted octanol–water partition coefficient (Wildman–Crippen LogP) is -1.12. The van der Waals surface area contributed by atoms with Crippen LogP contribution in [0.3, 0.4) is 0 Å². The number of aliphatic hydroxyl groups excluding tert-OH is 3. The molecular formula is C7H14O4. The van der Waals surface area contributed by atoms with Gasteiger partial charge in [-0.2, -0.15) is 0 Å². The van der Waals surface area contributed by atoms with Crippen LogP contribution in [0, 0.1) is 0 Å². The number of rotatable bonds is 1. The minimum atomic E-state index is -0.988. The van der Waals surface area contributed by atoms with Gasteiger partial charge in [-0.15, -0.1) is 0 Å². The van der Waals surface area contributed by atoms with Crippen LogP contribution in [0.4, 0.5) is 0 Å². The number of aliphatic hydroxyl groups is 3. The van der Waals surface area contributed by atoms with E-state index in [-0.39, 0.29) is 6.61 Å². The summed E-state index contributed by atoms with van der Waals surface area (Å²) in [4.78, 5) is 0. The Morgan fingerprint density at radius 1 is 1.55 bits per heavy atom. The van der Waals surface area contributed by atoms with E-state index < -0.39 is 17.8 Å². The molecule has 0 bridgehead atoms. The van der Waals surface area contributed by atoms with E-state index >= 15 is 0 Å². The fourth-order valence-corrected chi connectivity index (χ4v) is 1.20. The molecule has 0 saturated carbocycles. The summed E-state index contributed by atoms with van der Waals surface area (Å²) in [6, 6.07) is 0. The fraction of sp³-hybridized carbons (Fsp3) is 1.00. The Morgan fingerprint density at radius 2 is 2.18 bits per heavy atom. The summed E-state index contributed by atoms with van der Waals surface area (Å²) in [5, 5.41) is 27.4. The molecular weight excluding hydrogens is 148 g/mol. The van der Waals surface area contributed by atoms with Gasteiger partial charge in [-0.3, -0.25) is 0 Å². The minimum absolute atomic E-state index is 0.273. The fourth-order valence-electron chi connectivity index (χ4n) is 1.20. The molecule has 2 unspecified atom stereocenters. The highest BCUT2D eigenvalue weighted by Gasteiger charge is 2.41. The molecule has 3 atom stereocenters. The first-order valence-corrected chi connectivity index (χ1v) is 3.71. The van der Waals surface area contributed by atoms with E-state index in [0.717, 1.165) is 0 Å². The first-order valence-electron chi connectivity index (χ1n) is 3.71. The first kappa shape index (κ1) is 8.93. The van der Waals surface area contributed by atoms with Gasteiger partial charge in [0.05, 0.1) is 19.3 Å². The van der Waals surface area contributed by atoms with E-state index in [0.29, 0.717) is 13.0 Å². The largest absolute Gasteiger partial charge is 0.393 e. The highest BCUT2D eigenvalue weighted by Crippen LogP contribution is 2.24. The summed E-state index contributed by atoms with van der Waals surface area (Å²) in [6.45, 7) is 1.70. The van der Waals surface area contributed by atoms with Crippen molar-refractivity contribution in [3.8, 4) is 0 Å². The van der Waals surface area contributed by atoms with Gasteiger partial charge in [-0.05, 0) is 13.3 Å². The Kier molecular flexibility index (Phi) is 2.49. The summed E-state index contributed by atoms with van der Waals surface area (Å²) in [6.07, 6.45) is -1.33. The summed E-state index contributed by atoms with van der Waals surface area (Å²) >= 11 is 0. The van der Waals surface area contributed by atoms with Gasteiger partial charge in [0.25, 0.3) is 0 Å². The Hall–Kier alpha value is -0.160. The van der Waals surface area contributed by atoms with Crippen LogP contribution < -0.4 is 0 Å². The van der Waals surface area contributed by atoms with E-state index in [2.05, 4.69) is 0 Å². The molecule has 66 valence electrons. The van der Waals surface area contributed by atoms with Gasteiger partial charge in [0.2, 0.25) is 0 Å². The highest BCUT2D eigenvalue weighted by molar-refractivity contribution is 4.91. The molecule has 1 aliphatic rings. The van der Waals surface area contributed by atoms with E-state index in [1.807, 2.05) is 0 Å². The SMILES string of the molecule is C[C@]1(CO)OCCC(O)C1O. The second-order valence-electron chi connectivity index (χ2n) is 3.12. The third-order valence-electron chi connectivity index (χ3n) is 2.15. The highest BCUT2D eigenvalue weighted by atomic mass is 16.5. The third kappa shape index (κ3) is 1.54. The molecule has 0 amide bonds. The van der Waals surface area contributed by atoms with Gasteiger partial charge in [0.15, 0.2) is 0 Å². The molecule has 0 spiro atoms. The Morgan fingerprint density at radius 3 is 2.64 bits per heavy atom. The van der Waals surface area contributed by atoms with Crippen molar-refractivity contribution < 1.29 is 20.1 Å². The second-order valence-corrected chi connectivity index (χ2v) is 3.12. The van der Waals surface area contributed by atoms with Gasteiger partial charge in [-0.25, -0.2) is 0 Å². The van der Waals surface area contributed by atoms with Gasteiger partial charge in [0.1, 0.15) is 11.7 Å². The summed E-state index contributed by atoms with van der Waals surface area (Å²) in [7, 11) is 0. The quantitative estimate of drug-likeness (QED) is 0.457. The smallest absolute Gasteiger partial charge is 0.117 e. The monoisotopic (exact) mass is 162 g/mol. The molecule has 0 aromatic heterocycles. The summed E-state index contributed by atoms with van der Waals surface area (Å²) in [5.74, 6) is 0. The second kappa shape index (κ2) is 3.06. The zero-order chi connectivity index (χ0) is 8.48. The molecule has 4 nitrogen and oxygen atoms in total. The van der Waals surface area contributed by atoms with Crippen molar-refractivity contribution in [1.29, 1.82) is 0 Å². The molecule has 1 fully saturated rings. The maximum absolute atomic E-state index is 9.36. The Balaban J connectivity index is 2.64. The van der Waals surface area contributed by atoms with E-state index in [9.17, 15) is 10.2 Å². The Bertz CT molecular complexity index is 138. The van der Waals surface area contributed by atoms with Crippen molar-refractivity contribution in [2.75, 3.05) is 13.2 Å². The average molecular weight is 162 g/mol. The van der Waals surface area contributed by atoms with Crippen LogP contribution in [0.25, 0.3) is 0 Å². The average Bonchev–Trinajstić information content (AvgIpc) is 2.00. The molecule has 1 heterocycles. The topological polar surface area (TPSA) is 69.9 Å². The van der Waals surface area contributed by atoms with Crippen LogP contribution in [-0.4, -0.2) is 46.3 Å². The molecule has 0 aromatic rings. The lowest BCUT2D eigenvalue weighted by molar-refractivity contribution is -0.203. The van der Waals surface area contributed by atoms with Crippen LogP contribution in [-0.2, 0) is 4.74 Å². The number of ether oxygens (including phenoxy) is 1. The van der Waals surface area contributed by atoms with Crippen LogP contribution in [0.1, 0.15) is 13.3 Å². The molecule has 3 N–H and O–H groups in total. The van der Waals surface area contributed by atoms with Crippen molar-refractivity contribution in [2.24, 2.45) is 0 Å². The summed E-state index contributed by atoms with van der Waals surface area (Å²) < 4.78 is 5.14. The number of hydrogen-bond acceptors (Lipinski definition) is 4. The molecule has 0 aliphatic carbocycles. The number of hydrogen-bond donors (Lipinski definition) is 3. The van der Waals surface area contributed by atoms with Gasteiger partial charge in [0, 0.05) is 0 Å². The zero-order valence-corrected chi connectivity index (χ0v) is 6.53. The lowest BCUT2D eigenvalue weighted by Crippen LogP contribution is -2.55. The van der Waals surface area contributed by atoms with Crippen molar-refractivity contribution in [2.45, 2.75) is 31.2 Å². The van der Waals surface area contributed by atoms with Crippen molar-refractivity contribution >= 4 is 0 Å². The van der Waals surface area contributed by atoms with Crippen LogP contribution in [0.2, 0.25) is 0 Å². The predicted molar refractivity (Wildman–Crippen MR) is 38.1 cm³/mol. The third-order valence-corrected chi connectivity index (χ3v) is 2.15. The summed E-state index contributed by atoms with van der Waals surface area (Å²) in [5.41, 5.74) is -0.988. The maximum atomic E-state index is 9.36. The van der Waals surface area contributed by atoms with Crippen LogP contribution in [0.5, 0.6) is 0 Å². The first-order chi connectivity index (χ1) is 5.10. The van der Waals surface area contributed by atoms with Crippen LogP contribution in [0.15, 0.2) is 0 Å². The van der Waals surface area contributed by atoms with Crippen LogP contribution >= 0.6 is 0 Å². The van der Waals surface area contributed by atoms with Crippen molar-refractivity contribution in [1.82, 2.24) is 0 Å². The maximum Gasteiger partial charge on any atom is 0.117 e. The molecule has 1 saturated heterocycles. The standard InChI is InChI=1S/C7H14O4/c1-7(4-8)6(10)5(9)2-3-11-7/h5-6,8-10H,2-4H2,1H3/t5?,6?,7-/m1/s1. The van der Waals surface area contributed by atoms with E-state index in [1.165, 1.54) is 0 Å². The van der Waals surface area contributed by atoms with Gasteiger partial charge < -0.3 is 20.1 Å². The zero-order valence-electron chi connectivity index (χ0n) is 6.53. The molecule has 0 radical (unpaired) electrons. The normalized spacial score (nSPS) is 45.8. The molecule has 11 heavy (non-hydrogen) atoms. The van der Waals surface area contributed by atoms with E-state index in [4.69, 9.17) is 9.84 Å². The Labute approximate surface area is 65.4 Å². The molecule has 0 aromatic carbocycles. The lowest BCUT2D eigenvalue weighted by Gasteiger charge is -2.39. The van der Waals surface area contributed by atoms with Crippen molar-refractivity contribution in [3.63, 3.8) is 0 Å². The van der Waals surface area contributed by atoms with Crippen molar-refractivity contribution in [3.05, 3.63) is 0 Å². The molecule has 4 heteroatoms. The molecule has 1 rings (SSSR count). The lowest BCUT2D eigenvalue weighted by atomic mass is 9.91. The van der Waals surface area contributed by atoms with Gasteiger partial charge >= 0.3 is 0 Å². The van der Waals surface area contributed by atoms with Gasteiger partial charge in [-0.1, -0.05) is 0 Å². The van der Waals surface area contributed by atoms with E-state index in [1.54, 1.807) is 6.92 Å².